The molecule has 0 atom stereocenters. The quantitative estimate of drug-likeness (QED) is 0.361. The van der Waals surface area contributed by atoms with Crippen LogP contribution in [0, 0.1) is 5.82 Å². The normalized spacial score (nSPS) is 13.3. The predicted octanol–water partition coefficient (Wildman–Crippen LogP) is 4.13. The minimum atomic E-state index is -4.34. The van der Waals surface area contributed by atoms with Gasteiger partial charge in [0.25, 0.3) is 10.0 Å². The van der Waals surface area contributed by atoms with Gasteiger partial charge in [0.15, 0.2) is 11.5 Å². The molecule has 0 aromatic heterocycles. The summed E-state index contributed by atoms with van der Waals surface area (Å²) in [5, 5.41) is 2.47. The number of carbonyl (C=O) groups is 2. The van der Waals surface area contributed by atoms with Crippen molar-refractivity contribution in [3.8, 4) is 11.5 Å². The summed E-state index contributed by atoms with van der Waals surface area (Å²) in [7, 11) is -1.54. The van der Waals surface area contributed by atoms with Gasteiger partial charge in [-0.3, -0.25) is 13.9 Å². The van der Waals surface area contributed by atoms with E-state index in [1.807, 2.05) is 24.3 Å². The van der Waals surface area contributed by atoms with Crippen molar-refractivity contribution >= 4 is 39.1 Å². The minimum absolute atomic E-state index is 0.00396. The van der Waals surface area contributed by atoms with E-state index in [4.69, 9.17) is 21.1 Å². The maximum atomic E-state index is 13.9. The lowest BCUT2D eigenvalue weighted by molar-refractivity contribution is -0.128. The van der Waals surface area contributed by atoms with Crippen LogP contribution in [-0.4, -0.2) is 52.4 Å². The molecule has 4 rings (SSSR count). The molecule has 2 amide bonds. The largest absolute Gasteiger partial charge is 0.493 e. The van der Waals surface area contributed by atoms with Gasteiger partial charge in [-0.05, 0) is 47.9 Å². The van der Waals surface area contributed by atoms with E-state index in [1.54, 1.807) is 4.90 Å². The standard InChI is InChI=1S/C28H29ClFN3O6S/c1-38-25-12-10-22(15-26(25)39-2)40(36,37)33(21-9-11-24(30)23(29)14-21)18-27(34)31-16-19-6-3-4-7-20(19)17-32-13-5-8-28(32)35/h3-4,6-7,9-12,14-15H,5,8,13,16-18H2,1-2H3,(H,31,34). The first-order valence-corrected chi connectivity index (χ1v) is 14.3. The number of nitrogens with one attached hydrogen (secondary N) is 1. The summed E-state index contributed by atoms with van der Waals surface area (Å²) >= 11 is 5.95. The van der Waals surface area contributed by atoms with Crippen LogP contribution in [0.2, 0.25) is 5.02 Å². The van der Waals surface area contributed by atoms with Crippen molar-refractivity contribution in [2.75, 3.05) is 31.6 Å². The van der Waals surface area contributed by atoms with Crippen LogP contribution < -0.4 is 19.1 Å². The first-order chi connectivity index (χ1) is 19.1. The Bertz CT molecular complexity index is 1520. The third kappa shape index (κ3) is 6.48. The maximum absolute atomic E-state index is 13.9. The molecule has 0 unspecified atom stereocenters. The van der Waals surface area contributed by atoms with Crippen molar-refractivity contribution in [3.05, 3.63) is 82.6 Å². The van der Waals surface area contributed by atoms with E-state index in [0.717, 1.165) is 34.0 Å². The van der Waals surface area contributed by atoms with Crippen LogP contribution in [-0.2, 0) is 32.7 Å². The van der Waals surface area contributed by atoms with Gasteiger partial charge < -0.3 is 19.7 Å². The van der Waals surface area contributed by atoms with Gasteiger partial charge in [-0.2, -0.15) is 0 Å². The van der Waals surface area contributed by atoms with Crippen molar-refractivity contribution < 1.29 is 31.9 Å². The van der Waals surface area contributed by atoms with Crippen LogP contribution in [0.4, 0.5) is 10.1 Å². The Hall–Kier alpha value is -3.83. The number of hydrogen-bond donors (Lipinski definition) is 1. The second kappa shape index (κ2) is 12.6. The number of nitrogens with zero attached hydrogens (tertiary/aromatic N) is 2. The minimum Gasteiger partial charge on any atom is -0.493 e. The summed E-state index contributed by atoms with van der Waals surface area (Å²) in [6, 6.07) is 14.9. The van der Waals surface area contributed by atoms with Crippen molar-refractivity contribution in [3.63, 3.8) is 0 Å². The molecule has 40 heavy (non-hydrogen) atoms. The number of halogens is 2. The first kappa shape index (κ1) is 29.2. The number of likely N-dealkylation sites (tertiary alicyclic amines) is 1. The van der Waals surface area contributed by atoms with E-state index < -0.39 is 28.3 Å². The third-order valence-electron chi connectivity index (χ3n) is 6.55. The number of methoxy groups -OCH3 is 2. The highest BCUT2D eigenvalue weighted by Crippen LogP contribution is 2.33. The maximum Gasteiger partial charge on any atom is 0.264 e. The van der Waals surface area contributed by atoms with E-state index >= 15 is 0 Å². The molecule has 1 heterocycles. The molecule has 0 aliphatic carbocycles. The van der Waals surface area contributed by atoms with Gasteiger partial charge in [0, 0.05) is 32.1 Å². The van der Waals surface area contributed by atoms with Crippen LogP contribution in [0.5, 0.6) is 11.5 Å². The van der Waals surface area contributed by atoms with Gasteiger partial charge in [-0.25, -0.2) is 12.8 Å². The zero-order valence-electron chi connectivity index (χ0n) is 22.0. The fourth-order valence-corrected chi connectivity index (χ4v) is 6.00. The highest BCUT2D eigenvalue weighted by Gasteiger charge is 2.29. The molecule has 212 valence electrons. The highest BCUT2D eigenvalue weighted by molar-refractivity contribution is 7.92. The van der Waals surface area contributed by atoms with Gasteiger partial charge in [-0.15, -0.1) is 0 Å². The number of amides is 2. The molecule has 12 heteroatoms. The summed E-state index contributed by atoms with van der Waals surface area (Å²) in [5.41, 5.74) is 1.69. The number of carbonyl (C=O) groups excluding carboxylic acids is 2. The molecule has 1 aliphatic heterocycles. The number of benzene rings is 3. The lowest BCUT2D eigenvalue weighted by atomic mass is 10.1. The molecule has 1 N–H and O–H groups in total. The van der Waals surface area contributed by atoms with E-state index in [-0.39, 0.29) is 33.8 Å². The Kier molecular flexibility index (Phi) is 9.16. The summed E-state index contributed by atoms with van der Waals surface area (Å²) < 4.78 is 52.7. The molecule has 1 fully saturated rings. The predicted molar refractivity (Wildman–Crippen MR) is 148 cm³/mol. The molecule has 3 aromatic rings. The summed E-state index contributed by atoms with van der Waals surface area (Å²) in [6.07, 6.45) is 1.34. The zero-order valence-corrected chi connectivity index (χ0v) is 23.6. The molecule has 0 radical (unpaired) electrons. The topological polar surface area (TPSA) is 105 Å². The van der Waals surface area contributed by atoms with Crippen LogP contribution in [0.15, 0.2) is 65.6 Å². The zero-order chi connectivity index (χ0) is 28.9. The molecule has 1 aliphatic rings. The van der Waals surface area contributed by atoms with Crippen molar-refractivity contribution in [1.82, 2.24) is 10.2 Å². The highest BCUT2D eigenvalue weighted by atomic mass is 35.5. The summed E-state index contributed by atoms with van der Waals surface area (Å²) in [4.78, 5) is 26.8. The lowest BCUT2D eigenvalue weighted by Gasteiger charge is -2.25. The molecule has 0 bridgehead atoms. The van der Waals surface area contributed by atoms with E-state index in [9.17, 15) is 22.4 Å². The van der Waals surface area contributed by atoms with Gasteiger partial charge in [-0.1, -0.05) is 35.9 Å². The second-order valence-corrected chi connectivity index (χ2v) is 11.4. The van der Waals surface area contributed by atoms with Crippen LogP contribution >= 0.6 is 11.6 Å². The van der Waals surface area contributed by atoms with Crippen molar-refractivity contribution in [2.24, 2.45) is 0 Å². The fourth-order valence-electron chi connectivity index (χ4n) is 4.40. The lowest BCUT2D eigenvalue weighted by Crippen LogP contribution is -2.40. The van der Waals surface area contributed by atoms with E-state index in [2.05, 4.69) is 5.32 Å². The number of rotatable bonds is 11. The van der Waals surface area contributed by atoms with E-state index in [0.29, 0.717) is 25.3 Å². The molecular weight excluding hydrogens is 561 g/mol. The number of sulfonamides is 1. The van der Waals surface area contributed by atoms with Crippen LogP contribution in [0.3, 0.4) is 0 Å². The molecule has 3 aromatic carbocycles. The molecule has 0 spiro atoms. The second-order valence-electron chi connectivity index (χ2n) is 9.09. The van der Waals surface area contributed by atoms with Gasteiger partial charge in [0.2, 0.25) is 11.8 Å². The molecular formula is C28H29ClFN3O6S. The first-order valence-electron chi connectivity index (χ1n) is 12.4. The Morgan fingerprint density at radius 3 is 2.42 bits per heavy atom. The Morgan fingerprint density at radius 1 is 1.05 bits per heavy atom. The SMILES string of the molecule is COc1ccc(S(=O)(=O)N(CC(=O)NCc2ccccc2CN2CCCC2=O)c2ccc(F)c(Cl)c2)cc1OC. The third-order valence-corrected chi connectivity index (χ3v) is 8.61. The van der Waals surface area contributed by atoms with Crippen LogP contribution in [0.1, 0.15) is 24.0 Å². The van der Waals surface area contributed by atoms with Crippen LogP contribution in [0.25, 0.3) is 0 Å². The number of anilines is 1. The molecule has 0 saturated carbocycles. The van der Waals surface area contributed by atoms with Gasteiger partial charge in [0.05, 0.1) is 29.8 Å². The fraction of sp³-hybridized carbons (Fsp3) is 0.286. The Balaban J connectivity index is 1.58. The Labute approximate surface area is 237 Å². The monoisotopic (exact) mass is 589 g/mol. The Morgan fingerprint density at radius 2 is 1.77 bits per heavy atom. The van der Waals surface area contributed by atoms with Gasteiger partial charge >= 0.3 is 0 Å². The number of ether oxygens (including phenoxy) is 2. The average Bonchev–Trinajstić information content (AvgIpc) is 3.36. The van der Waals surface area contributed by atoms with Crippen molar-refractivity contribution in [1.29, 1.82) is 0 Å². The smallest absolute Gasteiger partial charge is 0.264 e. The molecule has 1 saturated heterocycles. The molecule has 9 nitrogen and oxygen atoms in total. The summed E-state index contributed by atoms with van der Waals surface area (Å²) in [6.45, 7) is 0.623. The van der Waals surface area contributed by atoms with Gasteiger partial charge in [0.1, 0.15) is 12.4 Å². The van der Waals surface area contributed by atoms with E-state index in [1.165, 1.54) is 38.5 Å². The summed E-state index contributed by atoms with van der Waals surface area (Å²) in [5.74, 6) is -0.737. The average molecular weight is 590 g/mol. The number of hydrogen-bond acceptors (Lipinski definition) is 6. The van der Waals surface area contributed by atoms with Crippen molar-refractivity contribution in [2.45, 2.75) is 30.8 Å².